The van der Waals surface area contributed by atoms with Gasteiger partial charge < -0.3 is 9.47 Å². The van der Waals surface area contributed by atoms with Crippen LogP contribution in [0.15, 0.2) is 56.7 Å². The second kappa shape index (κ2) is 6.74. The molecule has 0 bridgehead atoms. The number of rotatable bonds is 5. The molecule has 2 aromatic rings. The highest BCUT2D eigenvalue weighted by atomic mass is 79.9. The van der Waals surface area contributed by atoms with E-state index >= 15 is 0 Å². The Morgan fingerprint density at radius 2 is 1.80 bits per heavy atom. The van der Waals surface area contributed by atoms with E-state index in [9.17, 15) is 8.42 Å². The van der Waals surface area contributed by atoms with Crippen LogP contribution in [0.2, 0.25) is 0 Å². The Bertz CT molecular complexity index is 863. The molecule has 2 aromatic carbocycles. The zero-order valence-corrected chi connectivity index (χ0v) is 16.9. The van der Waals surface area contributed by atoms with Gasteiger partial charge >= 0.3 is 0 Å². The van der Waals surface area contributed by atoms with Gasteiger partial charge in [-0.1, -0.05) is 32.9 Å². The molecule has 0 aliphatic carbocycles. The molecule has 1 aliphatic rings. The number of benzene rings is 2. The number of ether oxygens (including phenoxy) is 2. The number of halogens is 1. The summed E-state index contributed by atoms with van der Waals surface area (Å²) in [5.74, 6) is 0.615. The van der Waals surface area contributed by atoms with E-state index in [1.54, 1.807) is 30.3 Å². The molecule has 0 radical (unpaired) electrons. The van der Waals surface area contributed by atoms with Gasteiger partial charge in [-0.25, -0.2) is 8.42 Å². The third kappa shape index (κ3) is 4.25. The van der Waals surface area contributed by atoms with E-state index in [1.165, 1.54) is 0 Å². The molecule has 1 fully saturated rings. The topological polar surface area (TPSA) is 55.9 Å². The first-order valence-electron chi connectivity index (χ1n) is 8.07. The van der Waals surface area contributed by atoms with Crippen LogP contribution < -0.4 is 4.74 Å². The Morgan fingerprint density at radius 3 is 2.32 bits per heavy atom. The minimum absolute atomic E-state index is 0.0207. The summed E-state index contributed by atoms with van der Waals surface area (Å²) in [7, 11) is -3.59. The fourth-order valence-corrected chi connectivity index (χ4v) is 4.71. The van der Waals surface area contributed by atoms with E-state index in [-0.39, 0.29) is 21.3 Å². The number of epoxide rings is 1. The lowest BCUT2D eigenvalue weighted by atomic mass is 9.87. The summed E-state index contributed by atoms with van der Waals surface area (Å²) in [4.78, 5) is 0.507. The molecule has 3 rings (SSSR count). The minimum atomic E-state index is -3.59. The van der Waals surface area contributed by atoms with Gasteiger partial charge in [0.15, 0.2) is 0 Å². The summed E-state index contributed by atoms with van der Waals surface area (Å²) in [6, 6.07) is 12.0. The van der Waals surface area contributed by atoms with Gasteiger partial charge in [-0.3, -0.25) is 0 Å². The molecule has 0 amide bonds. The fraction of sp³-hybridized carbons (Fsp3) is 0.368. The highest BCUT2D eigenvalue weighted by molar-refractivity contribution is 9.10. The normalized spacial score (nSPS) is 17.4. The van der Waals surface area contributed by atoms with Gasteiger partial charge in [0, 0.05) is 4.47 Å². The number of hydrogen-bond acceptors (Lipinski definition) is 4. The maximum atomic E-state index is 12.9. The Labute approximate surface area is 157 Å². The van der Waals surface area contributed by atoms with E-state index in [4.69, 9.17) is 9.47 Å². The van der Waals surface area contributed by atoms with Gasteiger partial charge in [-0.05, 0) is 57.2 Å². The van der Waals surface area contributed by atoms with Crippen molar-refractivity contribution >= 4 is 25.8 Å². The molecule has 0 N–H and O–H groups in total. The SMILES string of the molecule is CC(C)(C)c1ccc(S(=O)(=O)c2ccc(OCC3CO3)cc2Br)cc1. The Balaban J connectivity index is 1.86. The van der Waals surface area contributed by atoms with Crippen LogP contribution in [-0.2, 0) is 20.0 Å². The molecule has 0 aromatic heterocycles. The lowest BCUT2D eigenvalue weighted by Crippen LogP contribution is -2.11. The standard InChI is InChI=1S/C19H21BrO4S/c1-19(2,3)13-4-7-16(8-5-13)25(21,22)18-9-6-14(10-17(18)20)23-11-15-12-24-15/h4-10,15H,11-12H2,1-3H3. The average molecular weight is 425 g/mol. The predicted molar refractivity (Wildman–Crippen MR) is 100.0 cm³/mol. The average Bonchev–Trinajstić information content (AvgIpc) is 3.36. The van der Waals surface area contributed by atoms with Crippen LogP contribution in [0.4, 0.5) is 0 Å². The fourth-order valence-electron chi connectivity index (χ4n) is 2.40. The maximum absolute atomic E-state index is 12.9. The molecule has 0 saturated carbocycles. The third-order valence-corrected chi connectivity index (χ3v) is 6.81. The second-order valence-electron chi connectivity index (χ2n) is 7.14. The van der Waals surface area contributed by atoms with Crippen LogP contribution >= 0.6 is 15.9 Å². The van der Waals surface area contributed by atoms with Crippen molar-refractivity contribution in [3.05, 3.63) is 52.5 Å². The van der Waals surface area contributed by atoms with Crippen LogP contribution in [0.25, 0.3) is 0 Å². The number of hydrogen-bond donors (Lipinski definition) is 0. The summed E-state index contributed by atoms with van der Waals surface area (Å²) in [6.45, 7) is 7.49. The predicted octanol–water partition coefficient (Wildman–Crippen LogP) is 4.36. The summed E-state index contributed by atoms with van der Waals surface area (Å²) in [6.07, 6.45) is 0.156. The molecule has 1 aliphatic heterocycles. The third-order valence-electron chi connectivity index (χ3n) is 4.06. The van der Waals surface area contributed by atoms with Crippen molar-refractivity contribution in [2.45, 2.75) is 42.1 Å². The molecule has 1 unspecified atom stereocenters. The van der Waals surface area contributed by atoms with Crippen molar-refractivity contribution in [2.24, 2.45) is 0 Å². The smallest absolute Gasteiger partial charge is 0.207 e. The highest BCUT2D eigenvalue weighted by Gasteiger charge is 2.24. The van der Waals surface area contributed by atoms with Gasteiger partial charge in [0.05, 0.1) is 16.4 Å². The van der Waals surface area contributed by atoms with Crippen molar-refractivity contribution in [1.29, 1.82) is 0 Å². The molecule has 1 atom stereocenters. The summed E-state index contributed by atoms with van der Waals surface area (Å²) in [5.41, 5.74) is 1.07. The molecule has 0 spiro atoms. The van der Waals surface area contributed by atoms with Crippen molar-refractivity contribution in [3.63, 3.8) is 0 Å². The Morgan fingerprint density at radius 1 is 1.16 bits per heavy atom. The minimum Gasteiger partial charge on any atom is -0.491 e. The summed E-state index contributed by atoms with van der Waals surface area (Å²) in [5, 5.41) is 0. The Kier molecular flexibility index (Phi) is 4.97. The summed E-state index contributed by atoms with van der Waals surface area (Å²) >= 11 is 3.36. The molecular formula is C19H21BrO4S. The maximum Gasteiger partial charge on any atom is 0.207 e. The van der Waals surface area contributed by atoms with Crippen LogP contribution in [0, 0.1) is 0 Å². The largest absolute Gasteiger partial charge is 0.491 e. The van der Waals surface area contributed by atoms with Crippen molar-refractivity contribution in [2.75, 3.05) is 13.2 Å². The van der Waals surface area contributed by atoms with Crippen LogP contribution in [-0.4, -0.2) is 27.7 Å². The monoisotopic (exact) mass is 424 g/mol. The molecule has 4 nitrogen and oxygen atoms in total. The van der Waals surface area contributed by atoms with Crippen molar-refractivity contribution in [1.82, 2.24) is 0 Å². The van der Waals surface area contributed by atoms with Crippen LogP contribution in [0.3, 0.4) is 0 Å². The summed E-state index contributed by atoms with van der Waals surface area (Å²) < 4.78 is 37.0. The van der Waals surface area contributed by atoms with Crippen molar-refractivity contribution in [3.8, 4) is 5.75 Å². The van der Waals surface area contributed by atoms with Gasteiger partial charge in [0.1, 0.15) is 18.5 Å². The van der Waals surface area contributed by atoms with E-state index in [0.29, 0.717) is 16.8 Å². The molecule has 134 valence electrons. The zero-order chi connectivity index (χ0) is 18.2. The van der Waals surface area contributed by atoms with E-state index in [2.05, 4.69) is 36.7 Å². The van der Waals surface area contributed by atoms with Gasteiger partial charge in [-0.15, -0.1) is 0 Å². The van der Waals surface area contributed by atoms with E-state index < -0.39 is 9.84 Å². The molecule has 6 heteroatoms. The van der Waals surface area contributed by atoms with Gasteiger partial charge in [-0.2, -0.15) is 0 Å². The quantitative estimate of drug-likeness (QED) is 0.669. The molecule has 1 saturated heterocycles. The van der Waals surface area contributed by atoms with Crippen LogP contribution in [0.1, 0.15) is 26.3 Å². The molecule has 1 heterocycles. The Hall–Kier alpha value is -1.37. The van der Waals surface area contributed by atoms with Crippen molar-refractivity contribution < 1.29 is 17.9 Å². The lowest BCUT2D eigenvalue weighted by molar-refractivity contribution is 0.263. The second-order valence-corrected chi connectivity index (χ2v) is 9.91. The first kappa shape index (κ1) is 18.4. The lowest BCUT2D eigenvalue weighted by Gasteiger charge is -2.19. The highest BCUT2D eigenvalue weighted by Crippen LogP contribution is 2.32. The first-order valence-corrected chi connectivity index (χ1v) is 10.3. The van der Waals surface area contributed by atoms with Gasteiger partial charge in [0.2, 0.25) is 9.84 Å². The molecular weight excluding hydrogens is 404 g/mol. The van der Waals surface area contributed by atoms with Crippen LogP contribution in [0.5, 0.6) is 5.75 Å². The first-order chi connectivity index (χ1) is 11.7. The molecule has 25 heavy (non-hydrogen) atoms. The number of sulfone groups is 1. The van der Waals surface area contributed by atoms with Gasteiger partial charge in [0.25, 0.3) is 0 Å². The zero-order valence-electron chi connectivity index (χ0n) is 14.5. The van der Waals surface area contributed by atoms with E-state index in [1.807, 2.05) is 12.1 Å². The van der Waals surface area contributed by atoms with E-state index in [0.717, 1.165) is 12.2 Å².